The van der Waals surface area contributed by atoms with Gasteiger partial charge in [-0.15, -0.1) is 0 Å². The number of likely N-dealkylation sites (tertiary alicyclic amines) is 1. The Kier molecular flexibility index (Phi) is 15.3. The molecule has 4 rings (SSSR count). The first-order valence-corrected chi connectivity index (χ1v) is 15.7. The van der Waals surface area contributed by atoms with Crippen LogP contribution in [0.25, 0.3) is 0 Å². The standard InChI is InChI=1S/C15H22ClN3O2.C8H11ClN2.C7H13NO4/c1-9(2)14(18-10(3)20)15(21)19-6-4-5-13(19)12-7-11(16)8-17-12;9-6-4-8(11-5-6)7-2-1-3-10-7;1-4(2)5(6(9)10)8-7(11)12-3/h8-9,13-14H,4-7H2,1-3H3,(H,18,20);5,7,10H,1-4H2;4-5H,1-3H3,(H,8,11)(H,9,10)/t13-,14-;7-;5-/m000/s1. The number of aliphatic imine (C=N–C) groups is 2. The highest BCUT2D eigenvalue weighted by Gasteiger charge is 2.37. The van der Waals surface area contributed by atoms with E-state index >= 15 is 0 Å². The van der Waals surface area contributed by atoms with Gasteiger partial charge in [0.2, 0.25) is 11.8 Å². The van der Waals surface area contributed by atoms with E-state index in [1.807, 2.05) is 18.7 Å². The van der Waals surface area contributed by atoms with E-state index in [4.69, 9.17) is 28.3 Å². The molecule has 0 aromatic heterocycles. The van der Waals surface area contributed by atoms with E-state index < -0.39 is 24.1 Å². The first-order chi connectivity index (χ1) is 20.7. The van der Waals surface area contributed by atoms with Crippen LogP contribution in [-0.4, -0.2) is 89.7 Å². The van der Waals surface area contributed by atoms with Crippen LogP contribution in [0.5, 0.6) is 0 Å². The van der Waals surface area contributed by atoms with Crippen LogP contribution in [0.15, 0.2) is 32.4 Å². The second-order valence-corrected chi connectivity index (χ2v) is 12.7. The zero-order valence-electron chi connectivity index (χ0n) is 26.4. The summed E-state index contributed by atoms with van der Waals surface area (Å²) in [6.45, 7) is 10.6. The summed E-state index contributed by atoms with van der Waals surface area (Å²) in [5.74, 6) is -1.37. The fourth-order valence-electron chi connectivity index (χ4n) is 5.21. The first kappa shape index (κ1) is 37.2. The summed E-state index contributed by atoms with van der Waals surface area (Å²) >= 11 is 11.8. The summed E-state index contributed by atoms with van der Waals surface area (Å²) in [6.07, 6.45) is 8.53. The van der Waals surface area contributed by atoms with Gasteiger partial charge in [-0.2, -0.15) is 0 Å². The van der Waals surface area contributed by atoms with Gasteiger partial charge in [-0.05, 0) is 44.1 Å². The summed E-state index contributed by atoms with van der Waals surface area (Å²) < 4.78 is 4.27. The molecule has 4 atom stereocenters. The zero-order chi connectivity index (χ0) is 33.0. The summed E-state index contributed by atoms with van der Waals surface area (Å²) in [5, 5.41) is 18.6. The number of aliphatic carboxylic acids is 1. The molecule has 246 valence electrons. The lowest BCUT2D eigenvalue weighted by molar-refractivity contribution is -0.140. The number of amides is 3. The van der Waals surface area contributed by atoms with Gasteiger partial charge in [0.05, 0.1) is 13.2 Å². The molecule has 0 spiro atoms. The Morgan fingerprint density at radius 1 is 0.955 bits per heavy atom. The molecule has 12 nitrogen and oxygen atoms in total. The van der Waals surface area contributed by atoms with Crippen LogP contribution in [-0.2, 0) is 19.1 Å². The van der Waals surface area contributed by atoms with Gasteiger partial charge in [-0.3, -0.25) is 19.6 Å². The number of rotatable bonds is 8. The van der Waals surface area contributed by atoms with E-state index in [1.165, 1.54) is 32.6 Å². The van der Waals surface area contributed by atoms with Gasteiger partial charge >= 0.3 is 12.1 Å². The summed E-state index contributed by atoms with van der Waals surface area (Å²) in [5.41, 5.74) is 2.17. The molecule has 2 saturated heterocycles. The molecular weight excluding hydrogens is 611 g/mol. The Morgan fingerprint density at radius 3 is 1.98 bits per heavy atom. The van der Waals surface area contributed by atoms with Gasteiger partial charge in [-0.1, -0.05) is 50.9 Å². The Hall–Kier alpha value is -2.96. The van der Waals surface area contributed by atoms with Gasteiger partial charge in [0.15, 0.2) is 0 Å². The number of ether oxygens (including phenoxy) is 1. The molecule has 0 radical (unpaired) electrons. The van der Waals surface area contributed by atoms with E-state index in [1.54, 1.807) is 26.2 Å². The molecule has 3 amide bonds. The van der Waals surface area contributed by atoms with Crippen molar-refractivity contribution in [2.45, 2.75) is 97.3 Å². The molecule has 2 fully saturated rings. The molecule has 0 aromatic carbocycles. The van der Waals surface area contributed by atoms with Crippen molar-refractivity contribution in [3.8, 4) is 0 Å². The minimum Gasteiger partial charge on any atom is -0.480 e. The molecule has 4 N–H and O–H groups in total. The van der Waals surface area contributed by atoms with Gasteiger partial charge in [0.25, 0.3) is 0 Å². The van der Waals surface area contributed by atoms with E-state index in [-0.39, 0.29) is 29.7 Å². The van der Waals surface area contributed by atoms with Crippen molar-refractivity contribution in [1.29, 1.82) is 0 Å². The normalized spacial score (nSPS) is 22.0. The van der Waals surface area contributed by atoms with Crippen molar-refractivity contribution in [3.05, 3.63) is 22.5 Å². The highest BCUT2D eigenvalue weighted by molar-refractivity contribution is 6.32. The average Bonchev–Trinajstić information content (AvgIpc) is 3.77. The molecule has 44 heavy (non-hydrogen) atoms. The van der Waals surface area contributed by atoms with Crippen LogP contribution in [0.3, 0.4) is 0 Å². The second kappa shape index (κ2) is 18.1. The number of halogens is 2. The van der Waals surface area contributed by atoms with Gasteiger partial charge in [0.1, 0.15) is 12.1 Å². The van der Waals surface area contributed by atoms with Crippen LogP contribution in [0.1, 0.15) is 73.1 Å². The SMILES string of the molecule is CC(=O)N[C@H](C(=O)N1CCC[C@H]1C1=NC=C(Cl)C1)C(C)C.COC(=O)N[C@H](C(=O)O)C(C)C.ClC1=CN=C([C@@H]2CCCN2)C1. The fourth-order valence-corrected chi connectivity index (χ4v) is 5.58. The molecule has 14 heteroatoms. The third-order valence-electron chi connectivity index (χ3n) is 7.51. The number of carboxylic acid groups (broad SMARTS) is 1. The maximum absolute atomic E-state index is 12.8. The number of methoxy groups -OCH3 is 1. The van der Waals surface area contributed by atoms with Gasteiger partial charge in [-0.25, -0.2) is 9.59 Å². The monoisotopic (exact) mass is 656 g/mol. The van der Waals surface area contributed by atoms with Gasteiger partial charge < -0.3 is 30.7 Å². The maximum atomic E-state index is 12.8. The largest absolute Gasteiger partial charge is 0.480 e. The molecule has 0 aromatic rings. The number of hydrogen-bond donors (Lipinski definition) is 4. The second-order valence-electron chi connectivity index (χ2n) is 11.7. The zero-order valence-corrected chi connectivity index (χ0v) is 27.9. The highest BCUT2D eigenvalue weighted by atomic mass is 35.5. The average molecular weight is 658 g/mol. The molecular formula is C30H46Cl2N6O6. The van der Waals surface area contributed by atoms with Crippen LogP contribution in [0, 0.1) is 11.8 Å². The number of carbonyl (C=O) groups is 4. The first-order valence-electron chi connectivity index (χ1n) is 15.0. The highest BCUT2D eigenvalue weighted by Crippen LogP contribution is 2.27. The van der Waals surface area contributed by atoms with Crippen molar-refractivity contribution < 1.29 is 29.0 Å². The van der Waals surface area contributed by atoms with E-state index in [9.17, 15) is 19.2 Å². The van der Waals surface area contributed by atoms with Crippen LogP contribution in [0.4, 0.5) is 4.79 Å². The Morgan fingerprint density at radius 2 is 1.55 bits per heavy atom. The minimum absolute atomic E-state index is 0.0139. The lowest BCUT2D eigenvalue weighted by atomic mass is 10.0. The topological polar surface area (TPSA) is 162 Å². The number of nitrogens with one attached hydrogen (secondary N) is 3. The predicted octanol–water partition coefficient (Wildman–Crippen LogP) is 4.18. The number of carbonyl (C=O) groups excluding carboxylic acids is 3. The number of alkyl carbamates (subject to hydrolysis) is 1. The molecule has 0 saturated carbocycles. The van der Waals surface area contributed by atoms with Crippen molar-refractivity contribution in [3.63, 3.8) is 0 Å². The smallest absolute Gasteiger partial charge is 0.407 e. The molecule has 4 heterocycles. The Balaban J connectivity index is 0.000000250. The van der Waals surface area contributed by atoms with Crippen LogP contribution in [0.2, 0.25) is 0 Å². The number of carboxylic acids is 1. The number of hydrogen-bond acceptors (Lipinski definition) is 8. The third kappa shape index (κ3) is 11.5. The fraction of sp³-hybridized carbons (Fsp3) is 0.667. The molecule has 0 unspecified atom stereocenters. The molecule has 4 aliphatic heterocycles. The lowest BCUT2D eigenvalue weighted by Crippen LogP contribution is -2.53. The number of allylic oxidation sites excluding steroid dienone is 2. The quantitative estimate of drug-likeness (QED) is 0.305. The van der Waals surface area contributed by atoms with E-state index in [0.717, 1.165) is 36.6 Å². The summed E-state index contributed by atoms with van der Waals surface area (Å²) in [6, 6.07) is -0.853. The Bertz CT molecular complexity index is 1160. The van der Waals surface area contributed by atoms with Crippen molar-refractivity contribution in [1.82, 2.24) is 20.9 Å². The summed E-state index contributed by atoms with van der Waals surface area (Å²) in [7, 11) is 1.19. The van der Waals surface area contributed by atoms with Crippen molar-refractivity contribution in [2.75, 3.05) is 20.2 Å². The van der Waals surface area contributed by atoms with Crippen LogP contribution < -0.4 is 16.0 Å². The van der Waals surface area contributed by atoms with Crippen molar-refractivity contribution >= 4 is 58.5 Å². The molecule has 4 aliphatic rings. The number of nitrogens with zero attached hydrogens (tertiary/aromatic N) is 3. The maximum Gasteiger partial charge on any atom is 0.407 e. The third-order valence-corrected chi connectivity index (χ3v) is 7.97. The Labute approximate surface area is 269 Å². The van der Waals surface area contributed by atoms with E-state index in [2.05, 4.69) is 30.7 Å². The predicted molar refractivity (Wildman–Crippen MR) is 172 cm³/mol. The van der Waals surface area contributed by atoms with Crippen molar-refractivity contribution in [2.24, 2.45) is 21.8 Å². The van der Waals surface area contributed by atoms with E-state index in [0.29, 0.717) is 24.0 Å². The minimum atomic E-state index is -1.06. The lowest BCUT2D eigenvalue weighted by Gasteiger charge is -2.31. The summed E-state index contributed by atoms with van der Waals surface area (Å²) in [4.78, 5) is 55.7. The molecule has 0 aliphatic carbocycles. The van der Waals surface area contributed by atoms with Crippen LogP contribution >= 0.6 is 23.2 Å². The molecule has 0 bridgehead atoms. The van der Waals surface area contributed by atoms with Gasteiger partial charge in [0, 0.05) is 66.2 Å².